The summed E-state index contributed by atoms with van der Waals surface area (Å²) in [7, 11) is 0. The molecule has 3 aromatic carbocycles. The summed E-state index contributed by atoms with van der Waals surface area (Å²) in [5.41, 5.74) is 7.43. The molecule has 1 N–H and O–H groups in total. The van der Waals surface area contributed by atoms with Crippen molar-refractivity contribution in [2.24, 2.45) is 15.3 Å². The number of aromatic nitrogens is 2. The zero-order chi connectivity index (χ0) is 23.8. The van der Waals surface area contributed by atoms with Gasteiger partial charge in [0, 0.05) is 29.1 Å². The molecule has 5 aromatic rings. The standard InChI is InChI=1S/C28H24N6S/c1-18-12-14-20(15-13-18)26-16-25(23-17-29-24-11-7-6-10-22(23)24)33-34(26)28-30-19(2)27(35-28)32-31-21-8-4-3-5-9-21/h3-15,17,26,29H,16H2,1-2H3. The minimum Gasteiger partial charge on any atom is -0.360 e. The molecule has 0 aliphatic carbocycles. The molecule has 0 fully saturated rings. The molecule has 0 spiro atoms. The van der Waals surface area contributed by atoms with Crippen molar-refractivity contribution in [2.45, 2.75) is 26.3 Å². The van der Waals surface area contributed by atoms with Crippen LogP contribution in [0.3, 0.4) is 0 Å². The van der Waals surface area contributed by atoms with E-state index in [2.05, 4.69) is 75.8 Å². The van der Waals surface area contributed by atoms with Crippen LogP contribution in [0, 0.1) is 13.8 Å². The number of aromatic amines is 1. The van der Waals surface area contributed by atoms with Crippen LogP contribution in [-0.2, 0) is 0 Å². The van der Waals surface area contributed by atoms with Gasteiger partial charge in [-0.1, -0.05) is 77.6 Å². The number of para-hydroxylation sites is 1. The van der Waals surface area contributed by atoms with E-state index in [9.17, 15) is 0 Å². The lowest BCUT2D eigenvalue weighted by Crippen LogP contribution is -2.18. The molecule has 0 saturated heterocycles. The van der Waals surface area contributed by atoms with E-state index in [1.54, 1.807) is 0 Å². The number of nitrogens with zero attached hydrogens (tertiary/aromatic N) is 5. The molecule has 0 bridgehead atoms. The molecular formula is C28H24N6S. The molecule has 1 unspecified atom stereocenters. The average molecular weight is 477 g/mol. The first kappa shape index (κ1) is 21.4. The highest BCUT2D eigenvalue weighted by molar-refractivity contribution is 7.19. The Labute approximate surface area is 207 Å². The number of nitrogens with one attached hydrogen (secondary N) is 1. The predicted octanol–water partition coefficient (Wildman–Crippen LogP) is 8.01. The minimum atomic E-state index is 0.0590. The first-order chi connectivity index (χ1) is 17.2. The van der Waals surface area contributed by atoms with E-state index in [0.717, 1.165) is 44.7 Å². The van der Waals surface area contributed by atoms with E-state index in [1.165, 1.54) is 27.8 Å². The van der Waals surface area contributed by atoms with Crippen LogP contribution < -0.4 is 5.01 Å². The fourth-order valence-corrected chi connectivity index (χ4v) is 5.26. The second-order valence-corrected chi connectivity index (χ2v) is 9.65. The number of benzene rings is 3. The van der Waals surface area contributed by atoms with Crippen molar-refractivity contribution in [2.75, 3.05) is 5.01 Å². The Balaban J connectivity index is 1.39. The van der Waals surface area contributed by atoms with Crippen molar-refractivity contribution in [3.8, 4) is 0 Å². The van der Waals surface area contributed by atoms with Gasteiger partial charge in [-0.05, 0) is 37.6 Å². The minimum absolute atomic E-state index is 0.0590. The van der Waals surface area contributed by atoms with Crippen LogP contribution in [0.5, 0.6) is 0 Å². The van der Waals surface area contributed by atoms with Crippen molar-refractivity contribution >= 4 is 43.8 Å². The third-order valence-corrected chi connectivity index (χ3v) is 7.27. The SMILES string of the molecule is Cc1ccc(C2CC(c3c[nH]c4ccccc34)=NN2c2nc(C)c(N=Nc3ccccc3)s2)cc1. The lowest BCUT2D eigenvalue weighted by molar-refractivity contribution is 0.705. The van der Waals surface area contributed by atoms with E-state index >= 15 is 0 Å². The maximum atomic E-state index is 5.11. The molecule has 3 heterocycles. The highest BCUT2D eigenvalue weighted by Crippen LogP contribution is 2.42. The Hall–Kier alpha value is -4.10. The van der Waals surface area contributed by atoms with Gasteiger partial charge in [-0.15, -0.1) is 10.2 Å². The maximum Gasteiger partial charge on any atom is 0.208 e. The number of anilines is 1. The molecule has 0 saturated carbocycles. The number of aryl methyl sites for hydroxylation is 2. The topological polar surface area (TPSA) is 69.0 Å². The summed E-state index contributed by atoms with van der Waals surface area (Å²) in [6.45, 7) is 4.08. The van der Waals surface area contributed by atoms with Crippen LogP contribution in [0.2, 0.25) is 0 Å². The van der Waals surface area contributed by atoms with Crippen molar-refractivity contribution in [3.63, 3.8) is 0 Å². The average Bonchev–Trinajstić information content (AvgIpc) is 3.60. The van der Waals surface area contributed by atoms with Crippen LogP contribution in [0.4, 0.5) is 15.8 Å². The second-order valence-electron chi connectivity index (χ2n) is 8.69. The molecule has 2 aromatic heterocycles. The Kier molecular flexibility index (Phi) is 5.47. The van der Waals surface area contributed by atoms with Crippen LogP contribution >= 0.6 is 11.3 Å². The normalized spacial score (nSPS) is 15.9. The highest BCUT2D eigenvalue weighted by Gasteiger charge is 2.33. The molecule has 1 aliphatic rings. The number of fused-ring (bicyclic) bond motifs is 1. The summed E-state index contributed by atoms with van der Waals surface area (Å²) in [6, 6.07) is 26.9. The lowest BCUT2D eigenvalue weighted by atomic mass is 9.97. The van der Waals surface area contributed by atoms with Crippen molar-refractivity contribution < 1.29 is 0 Å². The number of H-pyrrole nitrogens is 1. The van der Waals surface area contributed by atoms with Crippen LogP contribution in [0.1, 0.15) is 34.8 Å². The molecular weight excluding hydrogens is 452 g/mol. The molecule has 6 rings (SSSR count). The summed E-state index contributed by atoms with van der Waals surface area (Å²) in [5.74, 6) is 0. The van der Waals surface area contributed by atoms with Crippen LogP contribution in [0.15, 0.2) is 100 Å². The Morgan fingerprint density at radius 1 is 0.914 bits per heavy atom. The molecule has 1 atom stereocenters. The van der Waals surface area contributed by atoms with Gasteiger partial charge in [0.2, 0.25) is 5.13 Å². The zero-order valence-corrected chi connectivity index (χ0v) is 20.3. The van der Waals surface area contributed by atoms with E-state index in [1.807, 2.05) is 43.3 Å². The van der Waals surface area contributed by atoms with Crippen LogP contribution in [0.25, 0.3) is 10.9 Å². The molecule has 1 aliphatic heterocycles. The van der Waals surface area contributed by atoms with Gasteiger partial charge in [-0.25, -0.2) is 9.99 Å². The number of thiazole rings is 1. The molecule has 6 nitrogen and oxygen atoms in total. The van der Waals surface area contributed by atoms with Gasteiger partial charge in [-0.3, -0.25) is 0 Å². The van der Waals surface area contributed by atoms with Crippen molar-refractivity contribution in [1.29, 1.82) is 0 Å². The third-order valence-electron chi connectivity index (χ3n) is 6.24. The number of hydrogen-bond donors (Lipinski definition) is 1. The van der Waals surface area contributed by atoms with Gasteiger partial charge >= 0.3 is 0 Å². The summed E-state index contributed by atoms with van der Waals surface area (Å²) in [4.78, 5) is 8.24. The Morgan fingerprint density at radius 3 is 2.51 bits per heavy atom. The summed E-state index contributed by atoms with van der Waals surface area (Å²) >= 11 is 1.52. The smallest absolute Gasteiger partial charge is 0.208 e. The summed E-state index contributed by atoms with van der Waals surface area (Å²) in [6.07, 6.45) is 2.86. The van der Waals surface area contributed by atoms with E-state index in [-0.39, 0.29) is 6.04 Å². The number of rotatable bonds is 5. The highest BCUT2D eigenvalue weighted by atomic mass is 32.1. The van der Waals surface area contributed by atoms with E-state index in [0.29, 0.717) is 0 Å². The fourth-order valence-electron chi connectivity index (χ4n) is 4.37. The first-order valence-electron chi connectivity index (χ1n) is 11.6. The van der Waals surface area contributed by atoms with Gasteiger partial charge < -0.3 is 4.98 Å². The van der Waals surface area contributed by atoms with Gasteiger partial charge in [0.05, 0.1) is 23.1 Å². The van der Waals surface area contributed by atoms with Crippen molar-refractivity contribution in [1.82, 2.24) is 9.97 Å². The maximum absolute atomic E-state index is 5.11. The summed E-state index contributed by atoms with van der Waals surface area (Å²) < 4.78 is 0. The Morgan fingerprint density at radius 2 is 1.69 bits per heavy atom. The fraction of sp³-hybridized carbons (Fsp3) is 0.143. The van der Waals surface area contributed by atoms with Gasteiger partial charge in [0.1, 0.15) is 0 Å². The zero-order valence-electron chi connectivity index (χ0n) is 19.5. The van der Waals surface area contributed by atoms with E-state index < -0.39 is 0 Å². The molecule has 0 amide bonds. The Bertz CT molecular complexity index is 1550. The van der Waals surface area contributed by atoms with E-state index in [4.69, 9.17) is 10.1 Å². The quantitative estimate of drug-likeness (QED) is 0.261. The third kappa shape index (κ3) is 4.15. The predicted molar refractivity (Wildman–Crippen MR) is 143 cm³/mol. The molecule has 7 heteroatoms. The number of hydrazone groups is 1. The molecule has 172 valence electrons. The van der Waals surface area contributed by atoms with Gasteiger partial charge in [0.15, 0.2) is 5.00 Å². The summed E-state index contributed by atoms with van der Waals surface area (Å²) in [5, 5.41) is 18.8. The van der Waals surface area contributed by atoms with Gasteiger partial charge in [0.25, 0.3) is 0 Å². The first-order valence-corrected chi connectivity index (χ1v) is 12.4. The van der Waals surface area contributed by atoms with Crippen LogP contribution in [-0.4, -0.2) is 15.7 Å². The number of hydrogen-bond acceptors (Lipinski definition) is 6. The molecule has 0 radical (unpaired) electrons. The number of azo groups is 1. The largest absolute Gasteiger partial charge is 0.360 e. The van der Waals surface area contributed by atoms with Gasteiger partial charge in [-0.2, -0.15) is 5.10 Å². The second kappa shape index (κ2) is 8.92. The lowest BCUT2D eigenvalue weighted by Gasteiger charge is -2.21. The molecule has 35 heavy (non-hydrogen) atoms. The monoisotopic (exact) mass is 476 g/mol. The van der Waals surface area contributed by atoms with Crippen molar-refractivity contribution in [3.05, 3.63) is 107 Å².